The smallest absolute Gasteiger partial charge is 0.412 e. The second-order valence-corrected chi connectivity index (χ2v) is 5.49. The molecule has 1 aromatic carbocycles. The van der Waals surface area contributed by atoms with Gasteiger partial charge in [-0.15, -0.1) is 0 Å². The van der Waals surface area contributed by atoms with Crippen molar-refractivity contribution in [3.63, 3.8) is 0 Å². The molecule has 0 fully saturated rings. The van der Waals surface area contributed by atoms with Gasteiger partial charge in [-0.05, 0) is 26.0 Å². The van der Waals surface area contributed by atoms with Crippen LogP contribution in [0.1, 0.15) is 13.8 Å². The van der Waals surface area contributed by atoms with E-state index >= 15 is 0 Å². The maximum absolute atomic E-state index is 11.8. The van der Waals surface area contributed by atoms with Crippen LogP contribution in [0.25, 0.3) is 22.4 Å². The van der Waals surface area contributed by atoms with Crippen LogP contribution in [0.4, 0.5) is 4.79 Å². The van der Waals surface area contributed by atoms with E-state index in [4.69, 9.17) is 9.47 Å². The van der Waals surface area contributed by atoms with Gasteiger partial charge in [0.15, 0.2) is 16.9 Å². The van der Waals surface area contributed by atoms with Crippen molar-refractivity contribution in [2.45, 2.75) is 19.9 Å². The zero-order chi connectivity index (χ0) is 17.1. The lowest BCUT2D eigenvalue weighted by Crippen LogP contribution is -2.32. The monoisotopic (exact) mass is 326 g/mol. The summed E-state index contributed by atoms with van der Waals surface area (Å²) in [4.78, 5) is 23.7. The van der Waals surface area contributed by atoms with Crippen LogP contribution in [0.5, 0.6) is 11.5 Å². The lowest BCUT2D eigenvalue weighted by atomic mass is 10.1. The van der Waals surface area contributed by atoms with Crippen LogP contribution < -0.4 is 14.8 Å². The number of nitrogens with zero attached hydrogens (tertiary/aromatic N) is 2. The van der Waals surface area contributed by atoms with Gasteiger partial charge >= 0.3 is 6.09 Å². The summed E-state index contributed by atoms with van der Waals surface area (Å²) in [7, 11) is 1.60. The van der Waals surface area contributed by atoms with E-state index in [0.717, 1.165) is 5.56 Å². The van der Waals surface area contributed by atoms with Gasteiger partial charge in [0.05, 0.1) is 19.0 Å². The maximum Gasteiger partial charge on any atom is 0.412 e. The third-order valence-corrected chi connectivity index (χ3v) is 3.34. The number of hydrogen-bond acceptors (Lipinski definition) is 5. The number of rotatable bonds is 4. The fourth-order valence-corrected chi connectivity index (χ4v) is 2.30. The predicted octanol–water partition coefficient (Wildman–Crippen LogP) is 3.13. The summed E-state index contributed by atoms with van der Waals surface area (Å²) in [6.45, 7) is 3.71. The summed E-state index contributed by atoms with van der Waals surface area (Å²) < 4.78 is 10.7. The SMILES string of the molecule is COc1ccccc1-c1cnc2[nH]cc(OC(=O)NC(C)C)c2n1. The number of carbonyl (C=O) groups excluding carboxylic acids is 1. The summed E-state index contributed by atoms with van der Waals surface area (Å²) in [5.74, 6) is 1.02. The molecule has 0 aliphatic rings. The maximum atomic E-state index is 11.8. The van der Waals surface area contributed by atoms with E-state index in [1.54, 1.807) is 19.5 Å². The fraction of sp³-hybridized carbons (Fsp3) is 0.235. The molecular formula is C17H18N4O3. The number of aromatic amines is 1. The zero-order valence-corrected chi connectivity index (χ0v) is 13.7. The number of fused-ring (bicyclic) bond motifs is 1. The molecule has 124 valence electrons. The standard InChI is InChI=1S/C17H18N4O3/c1-10(2)20-17(22)24-14-9-19-16-15(14)21-12(8-18-16)11-6-4-5-7-13(11)23-3/h4-10H,1-3H3,(H,18,19)(H,20,22). The zero-order valence-electron chi connectivity index (χ0n) is 13.7. The number of H-pyrrole nitrogens is 1. The Morgan fingerprint density at radius 2 is 2.04 bits per heavy atom. The van der Waals surface area contributed by atoms with Crippen LogP contribution in [0.2, 0.25) is 0 Å². The molecule has 0 saturated heterocycles. The topological polar surface area (TPSA) is 89.1 Å². The summed E-state index contributed by atoms with van der Waals surface area (Å²) >= 11 is 0. The molecule has 0 spiro atoms. The van der Waals surface area contributed by atoms with Crippen molar-refractivity contribution < 1.29 is 14.3 Å². The van der Waals surface area contributed by atoms with Crippen LogP contribution in [-0.2, 0) is 0 Å². The van der Waals surface area contributed by atoms with Crippen molar-refractivity contribution in [2.24, 2.45) is 0 Å². The van der Waals surface area contributed by atoms with Gasteiger partial charge in [-0.25, -0.2) is 14.8 Å². The first kappa shape index (κ1) is 15.8. The normalized spacial score (nSPS) is 10.8. The Morgan fingerprint density at radius 3 is 2.79 bits per heavy atom. The number of amides is 1. The molecule has 0 saturated carbocycles. The number of benzene rings is 1. The minimum absolute atomic E-state index is 0.0158. The Hall–Kier alpha value is -3.09. The molecule has 0 aliphatic carbocycles. The minimum atomic E-state index is -0.532. The van der Waals surface area contributed by atoms with Gasteiger partial charge in [0.25, 0.3) is 0 Å². The van der Waals surface area contributed by atoms with Crippen LogP contribution in [-0.4, -0.2) is 34.2 Å². The van der Waals surface area contributed by atoms with Gasteiger partial charge in [0.2, 0.25) is 0 Å². The Kier molecular flexibility index (Phi) is 4.33. The number of carbonyl (C=O) groups is 1. The van der Waals surface area contributed by atoms with Gasteiger partial charge in [-0.2, -0.15) is 0 Å². The van der Waals surface area contributed by atoms with Crippen molar-refractivity contribution in [3.05, 3.63) is 36.7 Å². The summed E-state index contributed by atoms with van der Waals surface area (Å²) in [5, 5.41) is 2.67. The quantitative estimate of drug-likeness (QED) is 0.769. The molecule has 3 aromatic rings. The molecule has 3 rings (SSSR count). The van der Waals surface area contributed by atoms with E-state index in [2.05, 4.69) is 20.3 Å². The largest absolute Gasteiger partial charge is 0.496 e. The second kappa shape index (κ2) is 6.57. The molecule has 1 amide bonds. The Balaban J connectivity index is 1.98. The highest BCUT2D eigenvalue weighted by atomic mass is 16.6. The molecule has 7 heteroatoms. The number of hydrogen-bond donors (Lipinski definition) is 2. The molecular weight excluding hydrogens is 308 g/mol. The van der Waals surface area contributed by atoms with Gasteiger partial charge in [-0.3, -0.25) is 0 Å². The van der Waals surface area contributed by atoms with Gasteiger partial charge in [0.1, 0.15) is 5.75 Å². The predicted molar refractivity (Wildman–Crippen MR) is 90.2 cm³/mol. The highest BCUT2D eigenvalue weighted by Gasteiger charge is 2.15. The molecule has 7 nitrogen and oxygen atoms in total. The number of methoxy groups -OCH3 is 1. The lowest BCUT2D eigenvalue weighted by molar-refractivity contribution is 0.198. The Bertz CT molecular complexity index is 873. The van der Waals surface area contributed by atoms with Crippen molar-refractivity contribution in [1.29, 1.82) is 0 Å². The number of aromatic nitrogens is 3. The molecule has 2 heterocycles. The first-order valence-electron chi connectivity index (χ1n) is 7.54. The third kappa shape index (κ3) is 3.15. The van der Waals surface area contributed by atoms with E-state index in [-0.39, 0.29) is 6.04 Å². The highest BCUT2D eigenvalue weighted by Crippen LogP contribution is 2.30. The third-order valence-electron chi connectivity index (χ3n) is 3.34. The highest BCUT2D eigenvalue weighted by molar-refractivity contribution is 5.84. The van der Waals surface area contributed by atoms with Gasteiger partial charge < -0.3 is 19.8 Å². The second-order valence-electron chi connectivity index (χ2n) is 5.49. The molecule has 0 bridgehead atoms. The van der Waals surface area contributed by atoms with Crippen LogP contribution in [0.3, 0.4) is 0 Å². The summed E-state index contributed by atoms with van der Waals surface area (Å²) in [5.41, 5.74) is 2.47. The van der Waals surface area contributed by atoms with E-state index in [9.17, 15) is 4.79 Å². The van der Waals surface area contributed by atoms with Crippen LogP contribution in [0, 0.1) is 0 Å². The lowest BCUT2D eigenvalue weighted by Gasteiger charge is -2.09. The van der Waals surface area contributed by atoms with Crippen molar-refractivity contribution in [2.75, 3.05) is 7.11 Å². The van der Waals surface area contributed by atoms with E-state index in [1.807, 2.05) is 38.1 Å². The average molecular weight is 326 g/mol. The average Bonchev–Trinajstić information content (AvgIpc) is 2.96. The number of ether oxygens (including phenoxy) is 2. The first-order chi connectivity index (χ1) is 11.6. The number of nitrogens with one attached hydrogen (secondary N) is 2. The number of para-hydroxylation sites is 1. The first-order valence-corrected chi connectivity index (χ1v) is 7.54. The molecule has 2 aromatic heterocycles. The van der Waals surface area contributed by atoms with Crippen LogP contribution in [0.15, 0.2) is 36.7 Å². The Morgan fingerprint density at radius 1 is 1.25 bits per heavy atom. The molecule has 0 atom stereocenters. The van der Waals surface area contributed by atoms with Crippen molar-refractivity contribution >= 4 is 17.3 Å². The molecule has 2 N–H and O–H groups in total. The molecule has 0 aliphatic heterocycles. The van der Waals surface area contributed by atoms with E-state index in [1.165, 1.54) is 0 Å². The van der Waals surface area contributed by atoms with E-state index < -0.39 is 6.09 Å². The molecule has 0 unspecified atom stereocenters. The fourth-order valence-electron chi connectivity index (χ4n) is 2.30. The molecule has 24 heavy (non-hydrogen) atoms. The van der Waals surface area contributed by atoms with Gasteiger partial charge in [0, 0.05) is 17.8 Å². The van der Waals surface area contributed by atoms with Gasteiger partial charge in [-0.1, -0.05) is 12.1 Å². The van der Waals surface area contributed by atoms with Crippen molar-refractivity contribution in [1.82, 2.24) is 20.3 Å². The van der Waals surface area contributed by atoms with E-state index in [0.29, 0.717) is 28.4 Å². The minimum Gasteiger partial charge on any atom is -0.496 e. The molecule has 0 radical (unpaired) electrons. The van der Waals surface area contributed by atoms with Crippen LogP contribution >= 0.6 is 0 Å². The Labute approximate surface area is 139 Å². The van der Waals surface area contributed by atoms with Crippen molar-refractivity contribution in [3.8, 4) is 22.8 Å². The summed E-state index contributed by atoms with van der Waals surface area (Å²) in [6.07, 6.45) is 2.68. The summed E-state index contributed by atoms with van der Waals surface area (Å²) in [6, 6.07) is 7.51.